The molecular formula is C14H17BrN2O2. The minimum Gasteiger partial charge on any atom is -0.344 e. The monoisotopic (exact) mass is 324 g/mol. The average molecular weight is 325 g/mol. The van der Waals surface area contributed by atoms with Crippen LogP contribution in [0.3, 0.4) is 0 Å². The number of amides is 2. The summed E-state index contributed by atoms with van der Waals surface area (Å²) in [7, 11) is 0. The van der Waals surface area contributed by atoms with Gasteiger partial charge in [-0.15, -0.1) is 0 Å². The molecule has 1 atom stereocenters. The van der Waals surface area contributed by atoms with Gasteiger partial charge in [0, 0.05) is 23.1 Å². The van der Waals surface area contributed by atoms with Crippen LogP contribution < -0.4 is 10.2 Å². The van der Waals surface area contributed by atoms with Crippen molar-refractivity contribution in [3.05, 3.63) is 28.2 Å². The van der Waals surface area contributed by atoms with Crippen molar-refractivity contribution in [1.29, 1.82) is 0 Å². The summed E-state index contributed by atoms with van der Waals surface area (Å²) in [4.78, 5) is 25.8. The van der Waals surface area contributed by atoms with Crippen molar-refractivity contribution < 1.29 is 9.59 Å². The number of benzene rings is 1. The van der Waals surface area contributed by atoms with Crippen molar-refractivity contribution >= 4 is 33.4 Å². The van der Waals surface area contributed by atoms with E-state index in [0.717, 1.165) is 15.7 Å². The molecule has 0 radical (unpaired) electrons. The summed E-state index contributed by atoms with van der Waals surface area (Å²) in [5.41, 5.74) is 1.88. The summed E-state index contributed by atoms with van der Waals surface area (Å²) in [6.45, 7) is 4.30. The van der Waals surface area contributed by atoms with Gasteiger partial charge in [0.15, 0.2) is 0 Å². The molecule has 0 aromatic heterocycles. The maximum atomic E-state index is 12.5. The highest BCUT2D eigenvalue weighted by Gasteiger charge is 2.30. The second kappa shape index (κ2) is 5.74. The summed E-state index contributed by atoms with van der Waals surface area (Å²) < 4.78 is 0.967. The van der Waals surface area contributed by atoms with Crippen molar-refractivity contribution in [2.24, 2.45) is 0 Å². The number of anilines is 1. The first kappa shape index (κ1) is 14.1. The predicted octanol–water partition coefficient (Wildman–Crippen LogP) is 2.39. The molecule has 0 aliphatic carbocycles. The molecule has 1 heterocycles. The lowest BCUT2D eigenvalue weighted by Crippen LogP contribution is -2.44. The predicted molar refractivity (Wildman–Crippen MR) is 78.1 cm³/mol. The molecule has 1 unspecified atom stereocenters. The number of hydrogen-bond donors (Lipinski definition) is 1. The Morgan fingerprint density at radius 3 is 2.84 bits per heavy atom. The molecular weight excluding hydrogens is 308 g/mol. The lowest BCUT2D eigenvalue weighted by molar-refractivity contribution is -0.125. The van der Waals surface area contributed by atoms with Crippen LogP contribution in [0.25, 0.3) is 0 Å². The van der Waals surface area contributed by atoms with Crippen LogP contribution in [0.5, 0.6) is 0 Å². The molecule has 2 rings (SSSR count). The first-order valence-electron chi connectivity index (χ1n) is 6.40. The Balaban J connectivity index is 2.39. The van der Waals surface area contributed by atoms with E-state index in [-0.39, 0.29) is 11.8 Å². The molecule has 1 aromatic rings. The summed E-state index contributed by atoms with van der Waals surface area (Å²) in [5, 5.41) is 2.77. The van der Waals surface area contributed by atoms with Crippen molar-refractivity contribution in [3.63, 3.8) is 0 Å². The fourth-order valence-corrected chi connectivity index (χ4v) is 2.60. The third-order valence-electron chi connectivity index (χ3n) is 3.40. The molecule has 1 aliphatic heterocycles. The average Bonchev–Trinajstić information content (AvgIpc) is 2.53. The van der Waals surface area contributed by atoms with E-state index in [1.54, 1.807) is 4.90 Å². The summed E-state index contributed by atoms with van der Waals surface area (Å²) in [6.07, 6.45) is 0.947. The molecule has 1 fully saturated rings. The molecule has 19 heavy (non-hydrogen) atoms. The fraction of sp³-hybridized carbons (Fsp3) is 0.429. The van der Waals surface area contributed by atoms with E-state index in [0.29, 0.717) is 19.4 Å². The number of halogens is 1. The molecule has 1 aliphatic rings. The topological polar surface area (TPSA) is 49.4 Å². The van der Waals surface area contributed by atoms with Crippen molar-refractivity contribution in [2.75, 3.05) is 11.4 Å². The maximum Gasteiger partial charge on any atom is 0.249 e. The second-order valence-electron chi connectivity index (χ2n) is 4.65. The Bertz CT molecular complexity index is 516. The third-order valence-corrected chi connectivity index (χ3v) is 4.26. The fourth-order valence-electron chi connectivity index (χ4n) is 2.24. The normalized spacial score (nSPS) is 20.2. The van der Waals surface area contributed by atoms with E-state index in [9.17, 15) is 9.59 Å². The van der Waals surface area contributed by atoms with Crippen molar-refractivity contribution in [3.8, 4) is 0 Å². The molecule has 0 spiro atoms. The van der Waals surface area contributed by atoms with E-state index in [1.165, 1.54) is 0 Å². The van der Waals surface area contributed by atoms with Crippen LogP contribution in [0.15, 0.2) is 22.7 Å². The Labute approximate surface area is 121 Å². The molecule has 2 amide bonds. The van der Waals surface area contributed by atoms with Crippen molar-refractivity contribution in [2.45, 2.75) is 32.7 Å². The van der Waals surface area contributed by atoms with Gasteiger partial charge in [-0.25, -0.2) is 0 Å². The van der Waals surface area contributed by atoms with Crippen LogP contribution in [0.2, 0.25) is 0 Å². The van der Waals surface area contributed by atoms with Crippen molar-refractivity contribution in [1.82, 2.24) is 5.32 Å². The number of nitrogens with one attached hydrogen (secondary N) is 1. The molecule has 0 bridgehead atoms. The van der Waals surface area contributed by atoms with Gasteiger partial charge < -0.3 is 10.2 Å². The van der Waals surface area contributed by atoms with E-state index in [2.05, 4.69) is 21.2 Å². The van der Waals surface area contributed by atoms with Gasteiger partial charge >= 0.3 is 0 Å². The standard InChI is InChI=1S/C14H17BrN2O2/c1-3-11-14(19)17(8-7-13(18)16-11)12-6-4-5-10(15)9(12)2/h4-6,11H,3,7-8H2,1-2H3,(H,16,18). The molecule has 1 aromatic carbocycles. The summed E-state index contributed by atoms with van der Waals surface area (Å²) in [6, 6.07) is 5.34. The zero-order chi connectivity index (χ0) is 14.0. The van der Waals surface area contributed by atoms with E-state index in [1.807, 2.05) is 32.0 Å². The second-order valence-corrected chi connectivity index (χ2v) is 5.51. The quantitative estimate of drug-likeness (QED) is 0.908. The SMILES string of the molecule is CCC1NC(=O)CCN(c2cccc(Br)c2C)C1=O. The minimum atomic E-state index is -0.423. The van der Waals surface area contributed by atoms with Gasteiger partial charge in [0.2, 0.25) is 11.8 Å². The largest absolute Gasteiger partial charge is 0.344 e. The van der Waals surface area contributed by atoms with Gasteiger partial charge in [0.25, 0.3) is 0 Å². The highest BCUT2D eigenvalue weighted by molar-refractivity contribution is 9.10. The van der Waals surface area contributed by atoms with E-state index >= 15 is 0 Å². The zero-order valence-corrected chi connectivity index (χ0v) is 12.7. The number of carbonyl (C=O) groups is 2. The first-order valence-corrected chi connectivity index (χ1v) is 7.19. The van der Waals surface area contributed by atoms with E-state index < -0.39 is 6.04 Å². The maximum absolute atomic E-state index is 12.5. The highest BCUT2D eigenvalue weighted by atomic mass is 79.9. The van der Waals surface area contributed by atoms with E-state index in [4.69, 9.17) is 0 Å². The molecule has 102 valence electrons. The van der Waals surface area contributed by atoms with Gasteiger partial charge in [-0.1, -0.05) is 28.9 Å². The zero-order valence-electron chi connectivity index (χ0n) is 11.1. The lowest BCUT2D eigenvalue weighted by atomic mass is 10.1. The molecule has 0 saturated carbocycles. The molecule has 1 saturated heterocycles. The molecule has 4 nitrogen and oxygen atoms in total. The Morgan fingerprint density at radius 2 is 2.16 bits per heavy atom. The Morgan fingerprint density at radius 1 is 1.42 bits per heavy atom. The van der Waals surface area contributed by atoms with Gasteiger partial charge in [-0.05, 0) is 31.0 Å². The Hall–Kier alpha value is -1.36. The third kappa shape index (κ3) is 2.81. The van der Waals surface area contributed by atoms with Crippen LogP contribution >= 0.6 is 15.9 Å². The Kier molecular flexibility index (Phi) is 4.24. The van der Waals surface area contributed by atoms with Gasteiger partial charge in [-0.2, -0.15) is 0 Å². The van der Waals surface area contributed by atoms with Gasteiger partial charge in [-0.3, -0.25) is 9.59 Å². The lowest BCUT2D eigenvalue weighted by Gasteiger charge is -2.25. The van der Waals surface area contributed by atoms with Crippen LogP contribution in [0.4, 0.5) is 5.69 Å². The van der Waals surface area contributed by atoms with Gasteiger partial charge in [0.05, 0.1) is 0 Å². The van der Waals surface area contributed by atoms with Gasteiger partial charge in [0.1, 0.15) is 6.04 Å². The number of hydrogen-bond acceptors (Lipinski definition) is 2. The van der Waals surface area contributed by atoms with Crippen LogP contribution in [-0.2, 0) is 9.59 Å². The smallest absolute Gasteiger partial charge is 0.249 e. The summed E-state index contributed by atoms with van der Waals surface area (Å²) >= 11 is 3.48. The number of rotatable bonds is 2. The number of nitrogens with zero attached hydrogens (tertiary/aromatic N) is 1. The highest BCUT2D eigenvalue weighted by Crippen LogP contribution is 2.28. The van der Waals surface area contributed by atoms with Crippen LogP contribution in [-0.4, -0.2) is 24.4 Å². The summed E-state index contributed by atoms with van der Waals surface area (Å²) in [5.74, 6) is -0.0927. The first-order chi connectivity index (χ1) is 9.04. The van der Waals surface area contributed by atoms with Crippen LogP contribution in [0, 0.1) is 6.92 Å². The minimum absolute atomic E-state index is 0.0328. The number of carbonyl (C=O) groups excluding carboxylic acids is 2. The van der Waals surface area contributed by atoms with Crippen LogP contribution in [0.1, 0.15) is 25.3 Å². The molecule has 1 N–H and O–H groups in total. The molecule has 5 heteroatoms.